The molecule has 0 aliphatic carbocycles. The summed E-state index contributed by atoms with van der Waals surface area (Å²) in [5.74, 6) is 1.37. The molecule has 6 heteroatoms. The molecule has 2 amide bonds. The van der Waals surface area contributed by atoms with Gasteiger partial charge in [0.05, 0.1) is 26.4 Å². The van der Waals surface area contributed by atoms with Gasteiger partial charge < -0.3 is 24.8 Å². The minimum atomic E-state index is -0.755. The Balaban J connectivity index is 1.96. The zero-order valence-corrected chi connectivity index (χ0v) is 14.1. The van der Waals surface area contributed by atoms with Gasteiger partial charge in [0.1, 0.15) is 11.5 Å². The molecule has 0 bridgehead atoms. The number of aliphatic hydroxyl groups is 1. The van der Waals surface area contributed by atoms with Crippen LogP contribution < -0.4 is 14.8 Å². The van der Waals surface area contributed by atoms with E-state index in [-0.39, 0.29) is 6.03 Å². The molecule has 2 N–H and O–H groups in total. The molecule has 1 aromatic carbocycles. The Kier molecular flexibility index (Phi) is 5.71. The third kappa shape index (κ3) is 4.51. The minimum absolute atomic E-state index is 0.154. The predicted octanol–water partition coefficient (Wildman–Crippen LogP) is 2.15. The first kappa shape index (κ1) is 17.4. The molecule has 0 unspecified atom stereocenters. The number of amides is 2. The van der Waals surface area contributed by atoms with Crippen LogP contribution >= 0.6 is 0 Å². The molecule has 0 spiro atoms. The van der Waals surface area contributed by atoms with E-state index in [1.54, 1.807) is 25.2 Å². The zero-order valence-electron chi connectivity index (χ0n) is 14.1. The summed E-state index contributed by atoms with van der Waals surface area (Å²) in [6.45, 7) is 3.39. The average molecular weight is 322 g/mol. The first-order valence-corrected chi connectivity index (χ1v) is 7.97. The van der Waals surface area contributed by atoms with Crippen molar-refractivity contribution >= 4 is 6.03 Å². The molecule has 1 saturated heterocycles. The number of hydrogen-bond donors (Lipinski definition) is 2. The molecule has 23 heavy (non-hydrogen) atoms. The van der Waals surface area contributed by atoms with E-state index in [0.29, 0.717) is 37.6 Å². The van der Waals surface area contributed by atoms with Crippen LogP contribution in [-0.4, -0.2) is 48.9 Å². The van der Waals surface area contributed by atoms with E-state index < -0.39 is 5.60 Å². The van der Waals surface area contributed by atoms with E-state index in [2.05, 4.69) is 5.32 Å². The van der Waals surface area contributed by atoms with Gasteiger partial charge in [-0.25, -0.2) is 4.79 Å². The lowest BCUT2D eigenvalue weighted by molar-refractivity contribution is -0.0211. The third-order valence-corrected chi connectivity index (χ3v) is 4.36. The summed E-state index contributed by atoms with van der Waals surface area (Å²) in [5, 5.41) is 13.3. The Bertz CT molecular complexity index is 527. The van der Waals surface area contributed by atoms with Crippen LogP contribution in [0.1, 0.15) is 31.7 Å². The minimum Gasteiger partial charge on any atom is -0.497 e. The average Bonchev–Trinajstić information content (AvgIpc) is 2.59. The molecule has 1 aromatic rings. The van der Waals surface area contributed by atoms with Crippen LogP contribution in [0.2, 0.25) is 0 Å². The number of urea groups is 1. The predicted molar refractivity (Wildman–Crippen MR) is 87.8 cm³/mol. The highest BCUT2D eigenvalue weighted by molar-refractivity contribution is 5.74. The Morgan fingerprint density at radius 1 is 1.30 bits per heavy atom. The van der Waals surface area contributed by atoms with Crippen LogP contribution in [0.25, 0.3) is 0 Å². The largest absolute Gasteiger partial charge is 0.497 e. The number of piperidine rings is 1. The van der Waals surface area contributed by atoms with Gasteiger partial charge in [0.15, 0.2) is 0 Å². The smallest absolute Gasteiger partial charge is 0.317 e. The maximum absolute atomic E-state index is 12.3. The second kappa shape index (κ2) is 7.55. The number of carbonyl (C=O) groups excluding carboxylic acids is 1. The number of carbonyl (C=O) groups is 1. The highest BCUT2D eigenvalue weighted by atomic mass is 16.5. The second-order valence-electron chi connectivity index (χ2n) is 5.98. The van der Waals surface area contributed by atoms with Gasteiger partial charge in [-0.2, -0.15) is 0 Å². The molecule has 1 fully saturated rings. The lowest BCUT2D eigenvalue weighted by atomic mass is 9.90. The lowest BCUT2D eigenvalue weighted by Crippen LogP contribution is -2.52. The first-order chi connectivity index (χ1) is 11.0. The van der Waals surface area contributed by atoms with Crippen molar-refractivity contribution in [2.45, 2.75) is 38.3 Å². The van der Waals surface area contributed by atoms with Crippen LogP contribution in [0.15, 0.2) is 18.2 Å². The van der Waals surface area contributed by atoms with Gasteiger partial charge in [-0.05, 0) is 37.0 Å². The number of nitrogens with one attached hydrogen (secondary N) is 1. The molecule has 128 valence electrons. The van der Waals surface area contributed by atoms with E-state index in [9.17, 15) is 9.90 Å². The SMILES string of the molecule is CC[C@]1(O)CCCN(C(=O)NCc2cc(OC)cc(OC)c2)C1. The van der Waals surface area contributed by atoms with E-state index in [1.807, 2.05) is 19.1 Å². The molecule has 1 aliphatic heterocycles. The molecule has 1 heterocycles. The normalized spacial score (nSPS) is 21.0. The number of β-amino-alcohol motifs (C(OH)–C–C–N with tert-alkyl or cyclic N) is 1. The molecule has 0 radical (unpaired) electrons. The maximum Gasteiger partial charge on any atom is 0.317 e. The van der Waals surface area contributed by atoms with Crippen LogP contribution in [0, 0.1) is 0 Å². The van der Waals surface area contributed by atoms with Gasteiger partial charge in [0, 0.05) is 19.2 Å². The highest BCUT2D eigenvalue weighted by Crippen LogP contribution is 2.25. The van der Waals surface area contributed by atoms with Gasteiger partial charge >= 0.3 is 6.03 Å². The Hall–Kier alpha value is -1.95. The van der Waals surface area contributed by atoms with Crippen LogP contribution in [0.3, 0.4) is 0 Å². The van der Waals surface area contributed by atoms with Gasteiger partial charge in [-0.3, -0.25) is 0 Å². The van der Waals surface area contributed by atoms with Crippen molar-refractivity contribution in [3.63, 3.8) is 0 Å². The highest BCUT2D eigenvalue weighted by Gasteiger charge is 2.33. The number of nitrogens with zero attached hydrogens (tertiary/aromatic N) is 1. The molecule has 1 atom stereocenters. The fourth-order valence-electron chi connectivity index (χ4n) is 2.83. The standard InChI is InChI=1S/C17H26N2O4/c1-4-17(21)6-5-7-19(12-17)16(20)18-11-13-8-14(22-2)10-15(9-13)23-3/h8-10,21H,4-7,11-12H2,1-3H3,(H,18,20)/t17-/m0/s1. The monoisotopic (exact) mass is 322 g/mol. The summed E-state index contributed by atoms with van der Waals surface area (Å²) in [6.07, 6.45) is 2.23. The van der Waals surface area contributed by atoms with Crippen molar-refractivity contribution in [3.05, 3.63) is 23.8 Å². The summed E-state index contributed by atoms with van der Waals surface area (Å²) < 4.78 is 10.5. The second-order valence-corrected chi connectivity index (χ2v) is 5.98. The van der Waals surface area contributed by atoms with Crippen LogP contribution in [0.4, 0.5) is 4.79 Å². The molecular formula is C17H26N2O4. The topological polar surface area (TPSA) is 71.0 Å². The van der Waals surface area contributed by atoms with Crippen molar-refractivity contribution in [3.8, 4) is 11.5 Å². The summed E-state index contributed by atoms with van der Waals surface area (Å²) >= 11 is 0. The van der Waals surface area contributed by atoms with Crippen molar-refractivity contribution in [1.29, 1.82) is 0 Å². The number of likely N-dealkylation sites (tertiary alicyclic amines) is 1. The van der Waals surface area contributed by atoms with E-state index in [4.69, 9.17) is 9.47 Å². The molecular weight excluding hydrogens is 296 g/mol. The Morgan fingerprint density at radius 2 is 1.96 bits per heavy atom. The maximum atomic E-state index is 12.3. The molecule has 0 saturated carbocycles. The van der Waals surface area contributed by atoms with Crippen molar-refractivity contribution in [2.24, 2.45) is 0 Å². The Morgan fingerprint density at radius 3 is 2.52 bits per heavy atom. The van der Waals surface area contributed by atoms with Crippen molar-refractivity contribution < 1.29 is 19.4 Å². The quantitative estimate of drug-likeness (QED) is 0.871. The molecule has 0 aromatic heterocycles. The van der Waals surface area contributed by atoms with Crippen molar-refractivity contribution in [2.75, 3.05) is 27.3 Å². The van der Waals surface area contributed by atoms with Gasteiger partial charge in [0.2, 0.25) is 0 Å². The first-order valence-electron chi connectivity index (χ1n) is 7.97. The van der Waals surface area contributed by atoms with E-state index in [1.165, 1.54) is 0 Å². The number of benzene rings is 1. The summed E-state index contributed by atoms with van der Waals surface area (Å²) in [4.78, 5) is 14.0. The number of ether oxygens (including phenoxy) is 2. The van der Waals surface area contributed by atoms with Crippen molar-refractivity contribution in [1.82, 2.24) is 10.2 Å². The van der Waals surface area contributed by atoms with Crippen LogP contribution in [0.5, 0.6) is 11.5 Å². The number of rotatable bonds is 5. The van der Waals surface area contributed by atoms with Gasteiger partial charge in [0.25, 0.3) is 0 Å². The zero-order chi connectivity index (χ0) is 16.9. The summed E-state index contributed by atoms with van der Waals surface area (Å²) in [6, 6.07) is 5.36. The van der Waals surface area contributed by atoms with Gasteiger partial charge in [-0.1, -0.05) is 6.92 Å². The summed E-state index contributed by atoms with van der Waals surface area (Å²) in [7, 11) is 3.19. The van der Waals surface area contributed by atoms with E-state index >= 15 is 0 Å². The van der Waals surface area contributed by atoms with Crippen LogP contribution in [-0.2, 0) is 6.54 Å². The lowest BCUT2D eigenvalue weighted by Gasteiger charge is -2.38. The number of hydrogen-bond acceptors (Lipinski definition) is 4. The van der Waals surface area contributed by atoms with Gasteiger partial charge in [-0.15, -0.1) is 0 Å². The molecule has 1 aliphatic rings. The number of methoxy groups -OCH3 is 2. The van der Waals surface area contributed by atoms with E-state index in [0.717, 1.165) is 18.4 Å². The molecule has 2 rings (SSSR count). The summed E-state index contributed by atoms with van der Waals surface area (Å²) in [5.41, 5.74) is 0.145. The fourth-order valence-corrected chi connectivity index (χ4v) is 2.83. The third-order valence-electron chi connectivity index (χ3n) is 4.36. The fraction of sp³-hybridized carbons (Fsp3) is 0.588. The Labute approximate surface area is 137 Å². The molecule has 6 nitrogen and oxygen atoms in total.